The second-order valence-corrected chi connectivity index (χ2v) is 5.17. The number of hydrogen-bond acceptors (Lipinski definition) is 2. The van der Waals surface area contributed by atoms with Crippen LogP contribution in [-0.4, -0.2) is 15.6 Å². The Hall–Kier alpha value is -0.830. The molecule has 0 N–H and O–H groups in total. The Bertz CT molecular complexity index is 407. The summed E-state index contributed by atoms with van der Waals surface area (Å²) >= 11 is 6.10. The van der Waals surface area contributed by atoms with Crippen LogP contribution >= 0.6 is 11.6 Å². The van der Waals surface area contributed by atoms with Gasteiger partial charge in [0.05, 0.1) is 5.69 Å². The van der Waals surface area contributed by atoms with Gasteiger partial charge < -0.3 is 0 Å². The van der Waals surface area contributed by atoms with E-state index in [0.29, 0.717) is 11.6 Å². The Kier molecular flexibility index (Phi) is 3.79. The van der Waals surface area contributed by atoms with Crippen LogP contribution in [0.2, 0.25) is 5.15 Å². The SMILES string of the molecule is CCC(C)(C)C(=O)Cc1c(C)nn(C)c1Cl. The zero-order chi connectivity index (χ0) is 12.5. The highest BCUT2D eigenvalue weighted by Gasteiger charge is 2.27. The molecule has 1 aromatic rings. The fourth-order valence-corrected chi connectivity index (χ4v) is 1.71. The number of halogens is 1. The molecule has 0 amide bonds. The van der Waals surface area contributed by atoms with Gasteiger partial charge in [0.2, 0.25) is 0 Å². The first-order chi connectivity index (χ1) is 7.29. The lowest BCUT2D eigenvalue weighted by atomic mass is 9.82. The predicted molar refractivity (Wildman–Crippen MR) is 65.7 cm³/mol. The Morgan fingerprint density at radius 1 is 1.50 bits per heavy atom. The highest BCUT2D eigenvalue weighted by atomic mass is 35.5. The van der Waals surface area contributed by atoms with Gasteiger partial charge in [-0.1, -0.05) is 32.4 Å². The number of carbonyl (C=O) groups excluding carboxylic acids is 1. The highest BCUT2D eigenvalue weighted by molar-refractivity contribution is 6.30. The van der Waals surface area contributed by atoms with Gasteiger partial charge in [0.25, 0.3) is 0 Å². The number of ketones is 1. The van der Waals surface area contributed by atoms with E-state index in [2.05, 4.69) is 5.10 Å². The standard InChI is InChI=1S/C12H19ClN2O/c1-6-12(3,4)10(16)7-9-8(2)14-15(5)11(9)13/h6-7H2,1-5H3. The summed E-state index contributed by atoms with van der Waals surface area (Å²) in [5.74, 6) is 0.216. The lowest BCUT2D eigenvalue weighted by Crippen LogP contribution is -2.25. The van der Waals surface area contributed by atoms with E-state index in [1.165, 1.54) is 0 Å². The molecule has 0 bridgehead atoms. The van der Waals surface area contributed by atoms with Crippen molar-refractivity contribution in [3.8, 4) is 0 Å². The van der Waals surface area contributed by atoms with Gasteiger partial charge in [0, 0.05) is 24.4 Å². The Labute approximate surface area is 102 Å². The monoisotopic (exact) mass is 242 g/mol. The number of hydrogen-bond donors (Lipinski definition) is 0. The van der Waals surface area contributed by atoms with E-state index in [1.54, 1.807) is 11.7 Å². The van der Waals surface area contributed by atoms with Crippen molar-refractivity contribution in [2.24, 2.45) is 12.5 Å². The third-order valence-electron chi connectivity index (χ3n) is 3.25. The molecule has 0 saturated carbocycles. The van der Waals surface area contributed by atoms with Crippen molar-refractivity contribution in [3.63, 3.8) is 0 Å². The van der Waals surface area contributed by atoms with Crippen LogP contribution in [0.4, 0.5) is 0 Å². The van der Waals surface area contributed by atoms with E-state index < -0.39 is 0 Å². The first-order valence-corrected chi connectivity index (χ1v) is 5.88. The van der Waals surface area contributed by atoms with Gasteiger partial charge in [-0.25, -0.2) is 0 Å². The quantitative estimate of drug-likeness (QED) is 0.814. The van der Waals surface area contributed by atoms with Gasteiger partial charge in [0.1, 0.15) is 10.9 Å². The number of carbonyl (C=O) groups is 1. The summed E-state index contributed by atoms with van der Waals surface area (Å²) in [6.45, 7) is 7.84. The molecule has 0 radical (unpaired) electrons. The average Bonchev–Trinajstić information content (AvgIpc) is 2.45. The fraction of sp³-hybridized carbons (Fsp3) is 0.667. The van der Waals surface area contributed by atoms with Crippen LogP contribution < -0.4 is 0 Å². The molecule has 1 aromatic heterocycles. The number of rotatable bonds is 4. The van der Waals surface area contributed by atoms with Gasteiger partial charge >= 0.3 is 0 Å². The van der Waals surface area contributed by atoms with Crippen LogP contribution in [0.1, 0.15) is 38.4 Å². The molecular formula is C12H19ClN2O. The van der Waals surface area contributed by atoms with E-state index in [1.807, 2.05) is 27.7 Å². The normalized spacial score (nSPS) is 11.9. The number of aryl methyl sites for hydroxylation is 2. The Balaban J connectivity index is 2.94. The van der Waals surface area contributed by atoms with Crippen LogP contribution in [0, 0.1) is 12.3 Å². The zero-order valence-corrected chi connectivity index (χ0v) is 11.4. The van der Waals surface area contributed by atoms with Crippen LogP contribution in [0.25, 0.3) is 0 Å². The molecule has 0 aliphatic rings. The van der Waals surface area contributed by atoms with Crippen molar-refractivity contribution >= 4 is 17.4 Å². The summed E-state index contributed by atoms with van der Waals surface area (Å²) in [4.78, 5) is 12.1. The molecule has 16 heavy (non-hydrogen) atoms. The molecule has 0 unspecified atom stereocenters. The first kappa shape index (κ1) is 13.2. The number of Topliss-reactive ketones (excluding diaryl/α,β-unsaturated/α-hetero) is 1. The maximum Gasteiger partial charge on any atom is 0.143 e. The van der Waals surface area contributed by atoms with E-state index in [-0.39, 0.29) is 11.2 Å². The minimum atomic E-state index is -0.286. The molecule has 4 heteroatoms. The lowest BCUT2D eigenvalue weighted by Gasteiger charge is -2.20. The minimum absolute atomic E-state index is 0.216. The minimum Gasteiger partial charge on any atom is -0.299 e. The van der Waals surface area contributed by atoms with Crippen LogP contribution in [0.3, 0.4) is 0 Å². The predicted octanol–water partition coefficient (Wildman–Crippen LogP) is 2.93. The van der Waals surface area contributed by atoms with E-state index >= 15 is 0 Å². The molecule has 1 heterocycles. The van der Waals surface area contributed by atoms with Gasteiger partial charge in [-0.2, -0.15) is 5.10 Å². The van der Waals surface area contributed by atoms with Gasteiger partial charge in [-0.15, -0.1) is 0 Å². The highest BCUT2D eigenvalue weighted by Crippen LogP contribution is 2.26. The molecule has 0 atom stereocenters. The van der Waals surface area contributed by atoms with Gasteiger partial charge in [-0.05, 0) is 13.3 Å². The van der Waals surface area contributed by atoms with E-state index in [9.17, 15) is 4.79 Å². The van der Waals surface area contributed by atoms with Crippen molar-refractivity contribution < 1.29 is 4.79 Å². The average molecular weight is 243 g/mol. The molecule has 0 aliphatic heterocycles. The molecule has 0 fully saturated rings. The zero-order valence-electron chi connectivity index (χ0n) is 10.6. The Morgan fingerprint density at radius 2 is 2.06 bits per heavy atom. The number of nitrogens with zero attached hydrogens (tertiary/aromatic N) is 2. The summed E-state index contributed by atoms with van der Waals surface area (Å²) in [5.41, 5.74) is 1.41. The van der Waals surface area contributed by atoms with Crippen molar-refractivity contribution in [1.29, 1.82) is 0 Å². The molecule has 3 nitrogen and oxygen atoms in total. The second-order valence-electron chi connectivity index (χ2n) is 4.82. The van der Waals surface area contributed by atoms with Crippen LogP contribution in [0.5, 0.6) is 0 Å². The molecule has 0 spiro atoms. The third kappa shape index (κ3) is 2.46. The largest absolute Gasteiger partial charge is 0.299 e. The van der Waals surface area contributed by atoms with Crippen molar-refractivity contribution in [1.82, 2.24) is 9.78 Å². The lowest BCUT2D eigenvalue weighted by molar-refractivity contribution is -0.126. The molecule has 0 aromatic carbocycles. The summed E-state index contributed by atoms with van der Waals surface area (Å²) in [6.07, 6.45) is 1.21. The molecular weight excluding hydrogens is 224 g/mol. The van der Waals surface area contributed by atoms with Crippen molar-refractivity contribution in [2.75, 3.05) is 0 Å². The van der Waals surface area contributed by atoms with Gasteiger partial charge in [-0.3, -0.25) is 9.48 Å². The molecule has 0 saturated heterocycles. The van der Waals surface area contributed by atoms with E-state index in [0.717, 1.165) is 17.7 Å². The van der Waals surface area contributed by atoms with Gasteiger partial charge in [0.15, 0.2) is 0 Å². The Morgan fingerprint density at radius 3 is 2.44 bits per heavy atom. The molecule has 90 valence electrons. The fourth-order valence-electron chi connectivity index (χ4n) is 1.47. The topological polar surface area (TPSA) is 34.9 Å². The summed E-state index contributed by atoms with van der Waals surface area (Å²) < 4.78 is 1.61. The smallest absolute Gasteiger partial charge is 0.143 e. The summed E-state index contributed by atoms with van der Waals surface area (Å²) in [5, 5.41) is 4.77. The van der Waals surface area contributed by atoms with Crippen LogP contribution in [-0.2, 0) is 18.3 Å². The van der Waals surface area contributed by atoms with E-state index in [4.69, 9.17) is 11.6 Å². The molecule has 0 aliphatic carbocycles. The second kappa shape index (κ2) is 4.58. The maximum absolute atomic E-state index is 12.1. The third-order valence-corrected chi connectivity index (χ3v) is 3.72. The summed E-state index contributed by atoms with van der Waals surface area (Å²) in [7, 11) is 1.79. The van der Waals surface area contributed by atoms with Crippen molar-refractivity contribution in [3.05, 3.63) is 16.4 Å². The van der Waals surface area contributed by atoms with Crippen molar-refractivity contribution in [2.45, 2.75) is 40.5 Å². The first-order valence-electron chi connectivity index (χ1n) is 5.51. The number of aromatic nitrogens is 2. The maximum atomic E-state index is 12.1. The van der Waals surface area contributed by atoms with Crippen LogP contribution in [0.15, 0.2) is 0 Å². The summed E-state index contributed by atoms with van der Waals surface area (Å²) in [6, 6.07) is 0. The molecule has 1 rings (SSSR count).